The second-order valence-electron chi connectivity index (χ2n) is 33.9. The second-order valence-corrected chi connectivity index (χ2v) is 33.9. The van der Waals surface area contributed by atoms with E-state index in [0.29, 0.717) is 0 Å². The Morgan fingerprint density at radius 3 is 1.24 bits per heavy atom. The average Bonchev–Trinajstić information content (AvgIpc) is 0.748. The first-order chi connectivity index (χ1) is 63.5. The lowest BCUT2D eigenvalue weighted by molar-refractivity contribution is -0.415. The van der Waals surface area contributed by atoms with Crippen molar-refractivity contribution < 1.29 is 298 Å². The Morgan fingerprint density at radius 1 is 0.319 bits per heavy atom. The Balaban J connectivity index is 0.883. The van der Waals surface area contributed by atoms with Crippen LogP contribution in [0, 0.1) is 0 Å². The third-order valence-corrected chi connectivity index (χ3v) is 24.5. The number of aliphatic carboxylic acids is 2. The predicted molar refractivity (Wildman–Crippen MR) is 405 cm³/mol. The van der Waals surface area contributed by atoms with Gasteiger partial charge in [-0.25, -0.2) is 9.59 Å². The number of hydrogen-bond acceptors (Lipinski definition) is 58. The maximum Gasteiger partial charge on any atom is 0.364 e. The SMILES string of the molecule is CC(=O)N[C@H]1[C@H](O[C@H]2[C@@H](O)[C@@H](CO)O[C@@H](O[C@H]3[C@H](O)[C@H](O)[C@@H](OC[C@H]4O[C@@H](O[C@H]5[C@H](O[C@H]6O[C@H]([C@@H](O)CO)[C@@H](O)[C@H](O)[C@@H]6O[C@H]6O[C@H]([C@@H](O)CO)[C@@H](O)[C@H](O)[C@@H]6O)[C@H](O)[C@@H](O[C@H]6[C@@H]([C@H](O)CO)O[C@@](O)(C(=O)O)C[C@H]6O)O[C@@H]5[C@@H](O)CO)[C@H](O)[C@@H](O)[C@@H]4O)O[C@@H]3[C@H](O)CO)[C@@H]2O)O[C@H](CO)[C@@H](O[C@@H]2O[C@H](CO)[C@H](O)[C@H](O[C@]3(C(=O)O)C[C@H](O)[C@@H](NC(C)=O)[C@H]([C@H](O)[C@H](O)CO)O3)[C@H]2O)[C@@H]1O. The molecule has 784 valence electrons. The number of nitrogens with one attached hydrogen (secondary N) is 2. The molecule has 10 fully saturated rings. The van der Waals surface area contributed by atoms with Crippen molar-refractivity contribution in [2.45, 2.75) is 363 Å². The maximum atomic E-state index is 13.2. The van der Waals surface area contributed by atoms with Crippen molar-refractivity contribution >= 4 is 23.8 Å². The number of aliphatic hydroxyl groups is 35. The normalized spacial score (nSPS) is 47.8. The van der Waals surface area contributed by atoms with Crippen LogP contribution in [0.4, 0.5) is 0 Å². The molecular formula is C73H122N2O60. The number of aliphatic hydroxyl groups excluding tert-OH is 34. The van der Waals surface area contributed by atoms with Crippen LogP contribution in [0.25, 0.3) is 0 Å². The quantitative estimate of drug-likeness (QED) is 0.0272. The maximum absolute atomic E-state index is 13.2. The summed E-state index contributed by atoms with van der Waals surface area (Å²) in [5, 5.41) is 414. The van der Waals surface area contributed by atoms with Gasteiger partial charge in [-0.1, -0.05) is 0 Å². The van der Waals surface area contributed by atoms with Crippen LogP contribution < -0.4 is 10.6 Å². The fourth-order valence-electron chi connectivity index (χ4n) is 17.2. The molecule has 0 aromatic rings. The second kappa shape index (κ2) is 47.9. The molecule has 10 aliphatic rings. The number of hydrogen-bond donors (Lipinski definition) is 39. The molecule has 2 amide bonds. The van der Waals surface area contributed by atoms with Crippen LogP contribution in [0.2, 0.25) is 0 Å². The lowest BCUT2D eigenvalue weighted by Crippen LogP contribution is -2.71. The number of carbonyl (C=O) groups is 4. The minimum Gasteiger partial charge on any atom is -0.477 e. The van der Waals surface area contributed by atoms with Crippen molar-refractivity contribution in [1.82, 2.24) is 10.6 Å². The van der Waals surface area contributed by atoms with Gasteiger partial charge in [0.05, 0.1) is 84.3 Å². The largest absolute Gasteiger partial charge is 0.477 e. The zero-order valence-electron chi connectivity index (χ0n) is 71.0. The standard InChI is InChI=1S/C73H122N2O60/c1-15(85)74-29-17(87)4-73(71(114)115,134-55(29)31(95)19(89)5-76)135-57-34(98)26(12-83)119-67(46(57)110)127-54-27(13-84)120-62(30(35(54)99)75-16(2)86)128-56-33(97)25(11-82)118-66(45(56)109)129-58-41(105)44(108)63(124-51(58)22(92)8-79)117-14-28-32(96)36(100)42(106)64(121-28)132-61-52(23(93)9-80)126-68(125-50-18(88)3-72(116,70(112)113)133-53(50)24(94)10-81)47(111)59(61)130-69-60(40(104)39(103)49(123-69)21(91)7-78)131-65-43(107)37(101)38(102)48(122-65)20(90)6-77/h17-69,76-84,87-111,116H,3-14H2,1-2H3,(H,74,85)(H,75,86)(H,112,113)(H,114,115)/t17-,18+,19+,20-,21-,22+,23-,24+,25+,26+,27+,28+,29+,30+,31+,32+,33-,34-,35+,36-,37-,38-,39-,40-,41+,42+,43-,44-,45+,46+,47-,48+,49+,50+,51+,52+,53+,54+,55+,56-,57-,58-,59+,60-,61+,62-,63-,64-,65+,66-,67-,68-,69+,72+,73-/m0/s1. The Hall–Kier alpha value is -4.28. The fourth-order valence-corrected chi connectivity index (χ4v) is 17.2. The van der Waals surface area contributed by atoms with Gasteiger partial charge in [0.1, 0.15) is 256 Å². The van der Waals surface area contributed by atoms with E-state index in [9.17, 15) is 208 Å². The summed E-state index contributed by atoms with van der Waals surface area (Å²) in [6, 6.07) is -3.82. The minimum atomic E-state index is -3.37. The van der Waals surface area contributed by atoms with Crippen molar-refractivity contribution in [1.29, 1.82) is 0 Å². The summed E-state index contributed by atoms with van der Waals surface area (Å²) >= 11 is 0. The van der Waals surface area contributed by atoms with Crippen LogP contribution in [0.15, 0.2) is 0 Å². The number of carbonyl (C=O) groups excluding carboxylic acids is 2. The van der Waals surface area contributed by atoms with Gasteiger partial charge in [-0.15, -0.1) is 0 Å². The zero-order chi connectivity index (χ0) is 100. The molecule has 0 bridgehead atoms. The van der Waals surface area contributed by atoms with Crippen molar-refractivity contribution in [3.8, 4) is 0 Å². The highest BCUT2D eigenvalue weighted by atomic mass is 16.8. The zero-order valence-corrected chi connectivity index (χ0v) is 71.0. The highest BCUT2D eigenvalue weighted by molar-refractivity contribution is 5.77. The molecule has 10 heterocycles. The highest BCUT2D eigenvalue weighted by Crippen LogP contribution is 2.44. The predicted octanol–water partition coefficient (Wildman–Crippen LogP) is -26.0. The van der Waals surface area contributed by atoms with E-state index < -0.39 is 439 Å². The van der Waals surface area contributed by atoms with Gasteiger partial charge in [-0.3, -0.25) is 9.59 Å². The number of ether oxygens (including phenoxy) is 19. The van der Waals surface area contributed by atoms with Crippen molar-refractivity contribution in [2.24, 2.45) is 0 Å². The lowest BCUT2D eigenvalue weighted by Gasteiger charge is -2.52. The van der Waals surface area contributed by atoms with Gasteiger partial charge < -0.3 is 290 Å². The summed E-state index contributed by atoms with van der Waals surface area (Å²) < 4.78 is 110. The summed E-state index contributed by atoms with van der Waals surface area (Å²) in [5.41, 5.74) is 0. The number of rotatable bonds is 39. The molecule has 10 aliphatic heterocycles. The smallest absolute Gasteiger partial charge is 0.364 e. The van der Waals surface area contributed by atoms with Gasteiger partial charge in [0.2, 0.25) is 11.8 Å². The highest BCUT2D eigenvalue weighted by Gasteiger charge is 2.66. The van der Waals surface area contributed by atoms with Crippen molar-refractivity contribution in [3.63, 3.8) is 0 Å². The Kier molecular flexibility index (Phi) is 40.0. The molecule has 10 saturated heterocycles. The number of carboxylic acids is 2. The van der Waals surface area contributed by atoms with E-state index in [1.54, 1.807) is 0 Å². The molecule has 0 aromatic carbocycles. The summed E-state index contributed by atoms with van der Waals surface area (Å²) in [6.45, 7) is -11.2. The van der Waals surface area contributed by atoms with Crippen molar-refractivity contribution in [2.75, 3.05) is 66.1 Å². The lowest BCUT2D eigenvalue weighted by atomic mass is 9.88. The van der Waals surface area contributed by atoms with E-state index in [1.807, 2.05) is 0 Å². The Morgan fingerprint density at radius 2 is 0.711 bits per heavy atom. The summed E-state index contributed by atoms with van der Waals surface area (Å²) in [4.78, 5) is 50.6. The molecule has 0 aromatic heterocycles. The third kappa shape index (κ3) is 24.2. The van der Waals surface area contributed by atoms with E-state index in [-0.39, 0.29) is 0 Å². The van der Waals surface area contributed by atoms with Crippen LogP contribution >= 0.6 is 0 Å². The van der Waals surface area contributed by atoms with E-state index >= 15 is 0 Å². The van der Waals surface area contributed by atoms with Crippen LogP contribution in [-0.2, 0) is 109 Å². The molecule has 39 N–H and O–H groups in total. The monoisotopic (exact) mass is 1990 g/mol. The summed E-state index contributed by atoms with van der Waals surface area (Å²) in [5.74, 6) is -12.9. The van der Waals surface area contributed by atoms with Crippen LogP contribution in [0.5, 0.6) is 0 Å². The average molecular weight is 1990 g/mol. The summed E-state index contributed by atoms with van der Waals surface area (Å²) in [7, 11) is 0. The van der Waals surface area contributed by atoms with E-state index in [0.717, 1.165) is 13.8 Å². The minimum absolute atomic E-state index is 0.863. The molecule has 135 heavy (non-hydrogen) atoms. The molecule has 0 radical (unpaired) electrons. The Labute approximate surface area is 759 Å². The first-order valence-electron chi connectivity index (χ1n) is 42.2. The number of amides is 2. The van der Waals surface area contributed by atoms with E-state index in [1.165, 1.54) is 0 Å². The van der Waals surface area contributed by atoms with Gasteiger partial charge in [0.15, 0.2) is 50.3 Å². The molecule has 0 saturated carbocycles. The van der Waals surface area contributed by atoms with Gasteiger partial charge in [0, 0.05) is 26.7 Å². The van der Waals surface area contributed by atoms with E-state index in [2.05, 4.69) is 10.6 Å². The molecule has 62 heteroatoms. The molecule has 62 nitrogen and oxygen atoms in total. The van der Waals surface area contributed by atoms with Crippen LogP contribution in [0.1, 0.15) is 26.7 Å². The number of carboxylic acid groups (broad SMARTS) is 2. The molecule has 0 spiro atoms. The van der Waals surface area contributed by atoms with Gasteiger partial charge >= 0.3 is 11.9 Å². The van der Waals surface area contributed by atoms with Crippen molar-refractivity contribution in [3.05, 3.63) is 0 Å². The molecule has 0 aliphatic carbocycles. The van der Waals surface area contributed by atoms with E-state index in [4.69, 9.17) is 90.0 Å². The summed E-state index contributed by atoms with van der Waals surface area (Å²) in [6.07, 6.45) is -124. The molecule has 0 unspecified atom stereocenters. The van der Waals surface area contributed by atoms with Gasteiger partial charge in [-0.2, -0.15) is 0 Å². The van der Waals surface area contributed by atoms with Gasteiger partial charge in [0.25, 0.3) is 11.6 Å². The molecular weight excluding hydrogens is 1860 g/mol. The van der Waals surface area contributed by atoms with Crippen LogP contribution in [-0.4, -0.2) is 615 Å². The molecule has 10 rings (SSSR count). The Bertz CT molecular complexity index is 3700. The first-order valence-corrected chi connectivity index (χ1v) is 42.2. The topological polar surface area (TPSA) is 1020 Å². The van der Waals surface area contributed by atoms with Crippen LogP contribution in [0.3, 0.4) is 0 Å². The fraction of sp³-hybridized carbons (Fsp3) is 0.945. The van der Waals surface area contributed by atoms with Gasteiger partial charge in [-0.05, 0) is 0 Å². The first kappa shape index (κ1) is 113. The molecule has 55 atom stereocenters. The third-order valence-electron chi connectivity index (χ3n) is 24.5.